The summed E-state index contributed by atoms with van der Waals surface area (Å²) in [5, 5.41) is 3.08. The number of amides is 1. The van der Waals surface area contributed by atoms with Gasteiger partial charge in [-0.3, -0.25) is 4.79 Å². The number of nitrogens with one attached hydrogen (secondary N) is 3. The fraction of sp³-hybridized carbons (Fsp3) is 0.562. The molecule has 0 saturated carbocycles. The largest absolute Gasteiger partial charge is 0.348 e. The summed E-state index contributed by atoms with van der Waals surface area (Å²) in [6.45, 7) is 4.48. The van der Waals surface area contributed by atoms with E-state index >= 15 is 0 Å². The molecule has 5 N–H and O–H groups in total. The van der Waals surface area contributed by atoms with Crippen LogP contribution in [0.15, 0.2) is 24.3 Å². The van der Waals surface area contributed by atoms with Crippen molar-refractivity contribution in [3.63, 3.8) is 0 Å². The fourth-order valence-corrected chi connectivity index (χ4v) is 2.76. The summed E-state index contributed by atoms with van der Waals surface area (Å²) in [5.41, 5.74) is 12.6. The lowest BCUT2D eigenvalue weighted by Crippen LogP contribution is -2.57. The van der Waals surface area contributed by atoms with E-state index in [1.807, 2.05) is 13.8 Å². The highest BCUT2D eigenvalue weighted by Crippen LogP contribution is 2.23. The van der Waals surface area contributed by atoms with Crippen molar-refractivity contribution in [1.29, 1.82) is 0 Å². The van der Waals surface area contributed by atoms with Crippen LogP contribution in [0.2, 0.25) is 0 Å². The van der Waals surface area contributed by atoms with Gasteiger partial charge in [0.1, 0.15) is 11.9 Å². The summed E-state index contributed by atoms with van der Waals surface area (Å²) in [7, 11) is 0. The highest BCUT2D eigenvalue weighted by Gasteiger charge is 2.34. The fourth-order valence-electron chi connectivity index (χ4n) is 2.76. The van der Waals surface area contributed by atoms with Crippen LogP contribution in [-0.2, 0) is 4.79 Å². The third kappa shape index (κ3) is 3.63. The summed E-state index contributed by atoms with van der Waals surface area (Å²) in [6.07, 6.45) is 2.21. The van der Waals surface area contributed by atoms with Crippen molar-refractivity contribution in [2.24, 2.45) is 5.73 Å². The van der Waals surface area contributed by atoms with Crippen LogP contribution in [0.3, 0.4) is 0 Å². The Morgan fingerprint density at radius 3 is 2.50 bits per heavy atom. The summed E-state index contributed by atoms with van der Waals surface area (Å²) >= 11 is 0. The van der Waals surface area contributed by atoms with Crippen molar-refractivity contribution in [1.82, 2.24) is 16.2 Å². The molecule has 1 aliphatic heterocycles. The van der Waals surface area contributed by atoms with E-state index in [1.165, 1.54) is 12.1 Å². The van der Waals surface area contributed by atoms with E-state index in [1.54, 1.807) is 12.1 Å². The predicted molar refractivity (Wildman–Crippen MR) is 84.3 cm³/mol. The van der Waals surface area contributed by atoms with Crippen LogP contribution in [0, 0.1) is 5.82 Å². The maximum absolute atomic E-state index is 13.0. The summed E-state index contributed by atoms with van der Waals surface area (Å²) in [4.78, 5) is 12.4. The average Bonchev–Trinajstić information content (AvgIpc) is 3.03. The molecule has 1 saturated heterocycles. The Bertz CT molecular complexity index is 493. The minimum absolute atomic E-state index is 0.00752. The number of carbonyl (C=O) groups is 1. The first-order valence-electron chi connectivity index (χ1n) is 7.82. The van der Waals surface area contributed by atoms with Gasteiger partial charge in [-0.15, -0.1) is 0 Å². The van der Waals surface area contributed by atoms with Crippen LogP contribution in [0.4, 0.5) is 4.39 Å². The molecule has 1 aromatic carbocycles. The van der Waals surface area contributed by atoms with Gasteiger partial charge in [-0.25, -0.2) is 15.2 Å². The van der Waals surface area contributed by atoms with Gasteiger partial charge < -0.3 is 11.1 Å². The number of carbonyl (C=O) groups excluding carboxylic acids is 1. The molecule has 2 unspecified atom stereocenters. The number of rotatable bonds is 6. The minimum atomic E-state index is -0.341. The Hall–Kier alpha value is -1.50. The SMILES string of the molecule is CCC(CC)(CN)NC(=O)C1CC(c2ccc(F)cc2)NN1. The molecule has 0 spiro atoms. The molecule has 0 radical (unpaired) electrons. The molecule has 1 amide bonds. The first-order chi connectivity index (χ1) is 10.5. The molecule has 1 heterocycles. The summed E-state index contributed by atoms with van der Waals surface area (Å²) < 4.78 is 13.0. The standard InChI is InChI=1S/C16H25FN4O/c1-3-16(4-2,10-18)19-15(22)14-9-13(20-21-14)11-5-7-12(17)8-6-11/h5-8,13-14,20-21H,3-4,9-10,18H2,1-2H3,(H,19,22). The van der Waals surface area contributed by atoms with Gasteiger partial charge in [0.2, 0.25) is 5.91 Å². The molecule has 2 atom stereocenters. The Morgan fingerprint density at radius 1 is 1.32 bits per heavy atom. The Labute approximate surface area is 130 Å². The van der Waals surface area contributed by atoms with Crippen molar-refractivity contribution in [3.05, 3.63) is 35.6 Å². The molecular formula is C16H25FN4O. The van der Waals surface area contributed by atoms with E-state index in [2.05, 4.69) is 16.2 Å². The van der Waals surface area contributed by atoms with Crippen LogP contribution in [-0.4, -0.2) is 24.0 Å². The van der Waals surface area contributed by atoms with Gasteiger partial charge in [0.15, 0.2) is 0 Å². The molecule has 1 aliphatic rings. The molecule has 0 bridgehead atoms. The Morgan fingerprint density at radius 2 is 1.95 bits per heavy atom. The van der Waals surface area contributed by atoms with Gasteiger partial charge in [-0.1, -0.05) is 26.0 Å². The molecule has 2 rings (SSSR count). The molecule has 6 heteroatoms. The topological polar surface area (TPSA) is 79.2 Å². The monoisotopic (exact) mass is 308 g/mol. The van der Waals surface area contributed by atoms with Crippen molar-refractivity contribution in [2.45, 2.75) is 50.7 Å². The van der Waals surface area contributed by atoms with Crippen molar-refractivity contribution in [2.75, 3.05) is 6.54 Å². The number of hydrogen-bond acceptors (Lipinski definition) is 4. The number of benzene rings is 1. The second-order valence-electron chi connectivity index (χ2n) is 5.86. The Balaban J connectivity index is 1.97. The van der Waals surface area contributed by atoms with Gasteiger partial charge in [0, 0.05) is 12.6 Å². The van der Waals surface area contributed by atoms with E-state index in [4.69, 9.17) is 5.73 Å². The number of nitrogens with two attached hydrogens (primary N) is 1. The Kier molecular flexibility index (Phi) is 5.50. The minimum Gasteiger partial charge on any atom is -0.348 e. The summed E-state index contributed by atoms with van der Waals surface area (Å²) in [5.74, 6) is -0.311. The lowest BCUT2D eigenvalue weighted by molar-refractivity contribution is -0.124. The third-order valence-corrected chi connectivity index (χ3v) is 4.62. The lowest BCUT2D eigenvalue weighted by Gasteiger charge is -2.32. The smallest absolute Gasteiger partial charge is 0.239 e. The average molecular weight is 308 g/mol. The predicted octanol–water partition coefficient (Wildman–Crippen LogP) is 1.37. The quantitative estimate of drug-likeness (QED) is 0.640. The zero-order valence-corrected chi connectivity index (χ0v) is 13.2. The molecule has 0 aromatic heterocycles. The van der Waals surface area contributed by atoms with Crippen LogP contribution >= 0.6 is 0 Å². The number of hydrazine groups is 1. The van der Waals surface area contributed by atoms with Gasteiger partial charge in [0.25, 0.3) is 0 Å². The first kappa shape index (κ1) is 16.9. The van der Waals surface area contributed by atoms with Gasteiger partial charge >= 0.3 is 0 Å². The van der Waals surface area contributed by atoms with Crippen LogP contribution < -0.4 is 21.9 Å². The zero-order valence-electron chi connectivity index (χ0n) is 13.2. The third-order valence-electron chi connectivity index (χ3n) is 4.62. The van der Waals surface area contributed by atoms with Crippen molar-refractivity contribution < 1.29 is 9.18 Å². The van der Waals surface area contributed by atoms with Crippen LogP contribution in [0.5, 0.6) is 0 Å². The number of hydrogen-bond donors (Lipinski definition) is 4. The summed E-state index contributed by atoms with van der Waals surface area (Å²) in [6, 6.07) is 6.00. The molecule has 1 aromatic rings. The second kappa shape index (κ2) is 7.17. The van der Waals surface area contributed by atoms with E-state index in [-0.39, 0.29) is 29.3 Å². The van der Waals surface area contributed by atoms with Gasteiger partial charge in [0.05, 0.1) is 5.54 Å². The molecule has 122 valence electrons. The first-order valence-corrected chi connectivity index (χ1v) is 7.82. The molecular weight excluding hydrogens is 283 g/mol. The lowest BCUT2D eigenvalue weighted by atomic mass is 9.92. The maximum atomic E-state index is 13.0. The van der Waals surface area contributed by atoms with E-state index in [0.717, 1.165) is 18.4 Å². The van der Waals surface area contributed by atoms with E-state index in [9.17, 15) is 9.18 Å². The van der Waals surface area contributed by atoms with Crippen LogP contribution in [0.1, 0.15) is 44.7 Å². The number of halogens is 1. The molecule has 1 fully saturated rings. The van der Waals surface area contributed by atoms with E-state index < -0.39 is 0 Å². The van der Waals surface area contributed by atoms with Crippen LogP contribution in [0.25, 0.3) is 0 Å². The maximum Gasteiger partial charge on any atom is 0.239 e. The van der Waals surface area contributed by atoms with E-state index in [0.29, 0.717) is 13.0 Å². The van der Waals surface area contributed by atoms with Crippen molar-refractivity contribution in [3.8, 4) is 0 Å². The van der Waals surface area contributed by atoms with Gasteiger partial charge in [-0.2, -0.15) is 0 Å². The molecule has 5 nitrogen and oxygen atoms in total. The zero-order chi connectivity index (χ0) is 16.2. The van der Waals surface area contributed by atoms with Crippen molar-refractivity contribution >= 4 is 5.91 Å². The molecule has 22 heavy (non-hydrogen) atoms. The van der Waals surface area contributed by atoms with Gasteiger partial charge in [-0.05, 0) is 37.0 Å². The molecule has 0 aliphatic carbocycles. The highest BCUT2D eigenvalue weighted by molar-refractivity contribution is 5.82. The normalized spacial score (nSPS) is 21.8. The highest BCUT2D eigenvalue weighted by atomic mass is 19.1. The second-order valence-corrected chi connectivity index (χ2v) is 5.86.